The quantitative estimate of drug-likeness (QED) is 0.311. The molecule has 0 spiro atoms. The average molecular weight is 532 g/mol. The van der Waals surface area contributed by atoms with Crippen LogP contribution in [0.25, 0.3) is 11.5 Å². The molecule has 0 aliphatic heterocycles. The van der Waals surface area contributed by atoms with Crippen molar-refractivity contribution in [3.05, 3.63) is 76.7 Å². The normalized spacial score (nSPS) is 18.9. The predicted molar refractivity (Wildman–Crippen MR) is 134 cm³/mol. The molecule has 2 aromatic carbocycles. The Morgan fingerprint density at radius 3 is 2.55 bits per heavy atom. The summed E-state index contributed by atoms with van der Waals surface area (Å²) in [6.45, 7) is 4.08. The Morgan fingerprint density at radius 1 is 1.11 bits per heavy atom. The summed E-state index contributed by atoms with van der Waals surface area (Å²) in [7, 11) is 0. The van der Waals surface area contributed by atoms with Crippen LogP contribution in [0.15, 0.2) is 52.9 Å². The van der Waals surface area contributed by atoms with E-state index < -0.39 is 23.6 Å². The molecule has 1 fully saturated rings. The molecule has 1 aliphatic carbocycles. The van der Waals surface area contributed by atoms with Crippen LogP contribution < -0.4 is 0 Å². The van der Waals surface area contributed by atoms with E-state index in [9.17, 15) is 23.1 Å². The highest BCUT2D eigenvalue weighted by Crippen LogP contribution is 2.31. The lowest BCUT2D eigenvalue weighted by Gasteiger charge is -2.30. The average Bonchev–Trinajstić information content (AvgIpc) is 3.25. The third-order valence-electron chi connectivity index (χ3n) is 6.81. The molecule has 1 aliphatic rings. The standard InChI is InChI=1S/C29H32F3NO5/c1-18-6-3-8-21(12-18)27-33-26(19(2)38-27)17-37-25-11-5-10-24(15-25)36-16-22(28(34)35)13-20-7-4-9-23(14-20)29(30,31)32/h3-4,6-9,12,14,22,24-25H,5,10-11,13,15-17H2,1-2H3,(H,34,35)/t22?,24-,25+/m1/s1. The summed E-state index contributed by atoms with van der Waals surface area (Å²) >= 11 is 0. The zero-order valence-electron chi connectivity index (χ0n) is 21.5. The first-order chi connectivity index (χ1) is 18.1. The molecule has 1 N–H and O–H groups in total. The number of aryl methyl sites for hydroxylation is 2. The number of carboxylic acids is 1. The van der Waals surface area contributed by atoms with Crippen molar-refractivity contribution in [3.8, 4) is 11.5 Å². The molecule has 38 heavy (non-hydrogen) atoms. The van der Waals surface area contributed by atoms with Crippen molar-refractivity contribution in [2.45, 2.75) is 70.9 Å². The first kappa shape index (κ1) is 27.9. The molecule has 1 saturated carbocycles. The number of alkyl halides is 3. The SMILES string of the molecule is Cc1cccc(-c2nc(CO[C@H]3CCC[C@@H](OCC(Cc4cccc(C(F)(F)F)c4)C(=O)O)C3)c(C)o2)c1. The van der Waals surface area contributed by atoms with Crippen LogP contribution in [0.5, 0.6) is 0 Å². The van der Waals surface area contributed by atoms with E-state index in [0.29, 0.717) is 30.2 Å². The number of nitrogens with zero attached hydrogens (tertiary/aromatic N) is 1. The highest BCUT2D eigenvalue weighted by Gasteiger charge is 2.31. The minimum absolute atomic E-state index is 0.0411. The first-order valence-corrected chi connectivity index (χ1v) is 12.7. The van der Waals surface area contributed by atoms with Crippen LogP contribution in [0, 0.1) is 19.8 Å². The monoisotopic (exact) mass is 531 g/mol. The van der Waals surface area contributed by atoms with Gasteiger partial charge in [0.25, 0.3) is 0 Å². The van der Waals surface area contributed by atoms with Gasteiger partial charge in [-0.05, 0) is 69.7 Å². The number of aromatic nitrogens is 1. The van der Waals surface area contributed by atoms with Gasteiger partial charge in [-0.1, -0.05) is 35.9 Å². The number of oxazole rings is 1. The summed E-state index contributed by atoms with van der Waals surface area (Å²) in [4.78, 5) is 16.4. The predicted octanol–water partition coefficient (Wildman–Crippen LogP) is 6.77. The lowest BCUT2D eigenvalue weighted by Crippen LogP contribution is -2.31. The van der Waals surface area contributed by atoms with Crippen LogP contribution in [0.4, 0.5) is 13.2 Å². The van der Waals surface area contributed by atoms with Crippen molar-refractivity contribution in [3.63, 3.8) is 0 Å². The minimum Gasteiger partial charge on any atom is -0.481 e. The molecule has 0 radical (unpaired) electrons. The number of aliphatic carboxylic acids is 1. The van der Waals surface area contributed by atoms with Crippen LogP contribution in [-0.4, -0.2) is 34.9 Å². The van der Waals surface area contributed by atoms with E-state index in [1.807, 2.05) is 38.1 Å². The van der Waals surface area contributed by atoms with E-state index in [1.54, 1.807) is 0 Å². The number of carboxylic acid groups (broad SMARTS) is 1. The number of rotatable bonds is 10. The molecular weight excluding hydrogens is 499 g/mol. The smallest absolute Gasteiger partial charge is 0.416 e. The van der Waals surface area contributed by atoms with Gasteiger partial charge in [-0.25, -0.2) is 4.98 Å². The Kier molecular flexibility index (Phi) is 8.89. The van der Waals surface area contributed by atoms with Crippen molar-refractivity contribution in [1.29, 1.82) is 0 Å². The molecule has 0 amide bonds. The van der Waals surface area contributed by atoms with E-state index in [0.717, 1.165) is 48.2 Å². The fraction of sp³-hybridized carbons (Fsp3) is 0.448. The second-order valence-corrected chi connectivity index (χ2v) is 9.88. The van der Waals surface area contributed by atoms with Gasteiger partial charge < -0.3 is 19.0 Å². The summed E-state index contributed by atoms with van der Waals surface area (Å²) < 4.78 is 57.0. The number of benzene rings is 2. The number of hydrogen-bond acceptors (Lipinski definition) is 5. The highest BCUT2D eigenvalue weighted by molar-refractivity contribution is 5.70. The number of hydrogen-bond donors (Lipinski definition) is 1. The van der Waals surface area contributed by atoms with Crippen LogP contribution in [0.3, 0.4) is 0 Å². The summed E-state index contributed by atoms with van der Waals surface area (Å²) in [5.41, 5.74) is 2.28. The maximum absolute atomic E-state index is 13.0. The third-order valence-corrected chi connectivity index (χ3v) is 6.81. The molecule has 1 unspecified atom stereocenters. The van der Waals surface area contributed by atoms with Gasteiger partial charge in [-0.3, -0.25) is 4.79 Å². The second-order valence-electron chi connectivity index (χ2n) is 9.88. The maximum Gasteiger partial charge on any atom is 0.416 e. The molecule has 4 rings (SSSR count). The zero-order valence-corrected chi connectivity index (χ0v) is 21.5. The summed E-state index contributed by atoms with van der Waals surface area (Å²) in [5.74, 6) is -0.798. The molecule has 204 valence electrons. The van der Waals surface area contributed by atoms with Gasteiger partial charge in [0.1, 0.15) is 11.5 Å². The Labute approximate surface area is 219 Å². The molecule has 0 saturated heterocycles. The van der Waals surface area contributed by atoms with Crippen molar-refractivity contribution < 1.29 is 37.0 Å². The molecule has 3 aromatic rings. The molecule has 0 bridgehead atoms. The van der Waals surface area contributed by atoms with Crippen LogP contribution in [0.1, 0.15) is 53.8 Å². The summed E-state index contributed by atoms with van der Waals surface area (Å²) in [5, 5.41) is 9.64. The van der Waals surface area contributed by atoms with Crippen molar-refractivity contribution in [2.24, 2.45) is 5.92 Å². The van der Waals surface area contributed by atoms with Crippen LogP contribution in [-0.2, 0) is 33.5 Å². The van der Waals surface area contributed by atoms with E-state index >= 15 is 0 Å². The topological polar surface area (TPSA) is 81.8 Å². The number of halogens is 3. The number of carbonyl (C=O) groups is 1. The van der Waals surface area contributed by atoms with Crippen LogP contribution in [0.2, 0.25) is 0 Å². The Morgan fingerprint density at radius 2 is 1.84 bits per heavy atom. The van der Waals surface area contributed by atoms with Crippen LogP contribution >= 0.6 is 0 Å². The third kappa shape index (κ3) is 7.45. The largest absolute Gasteiger partial charge is 0.481 e. The summed E-state index contributed by atoms with van der Waals surface area (Å²) in [6.07, 6.45) is -1.66. The van der Waals surface area contributed by atoms with Crippen molar-refractivity contribution in [1.82, 2.24) is 4.98 Å². The van der Waals surface area contributed by atoms with Gasteiger partial charge >= 0.3 is 12.1 Å². The van der Waals surface area contributed by atoms with Gasteiger partial charge in [-0.15, -0.1) is 0 Å². The molecule has 3 atom stereocenters. The van der Waals surface area contributed by atoms with Gasteiger partial charge in [0.05, 0.1) is 36.9 Å². The van der Waals surface area contributed by atoms with E-state index in [2.05, 4.69) is 4.98 Å². The van der Waals surface area contributed by atoms with E-state index in [-0.39, 0.29) is 25.2 Å². The Bertz CT molecular complexity index is 1240. The van der Waals surface area contributed by atoms with Gasteiger partial charge in [0.15, 0.2) is 0 Å². The van der Waals surface area contributed by atoms with Gasteiger partial charge in [0.2, 0.25) is 5.89 Å². The van der Waals surface area contributed by atoms with Gasteiger partial charge in [-0.2, -0.15) is 13.2 Å². The van der Waals surface area contributed by atoms with Crippen molar-refractivity contribution >= 4 is 5.97 Å². The Hall–Kier alpha value is -3.17. The fourth-order valence-corrected chi connectivity index (χ4v) is 4.69. The minimum atomic E-state index is -4.48. The highest BCUT2D eigenvalue weighted by atomic mass is 19.4. The Balaban J connectivity index is 1.29. The summed E-state index contributed by atoms with van der Waals surface area (Å²) in [6, 6.07) is 12.7. The molecular formula is C29H32F3NO5. The lowest BCUT2D eigenvalue weighted by molar-refractivity contribution is -0.145. The molecule has 1 aromatic heterocycles. The molecule has 6 nitrogen and oxygen atoms in total. The lowest BCUT2D eigenvalue weighted by atomic mass is 9.94. The second kappa shape index (κ2) is 12.1. The molecule has 9 heteroatoms. The fourth-order valence-electron chi connectivity index (χ4n) is 4.69. The maximum atomic E-state index is 13.0. The number of ether oxygens (including phenoxy) is 2. The van der Waals surface area contributed by atoms with E-state index in [4.69, 9.17) is 13.9 Å². The first-order valence-electron chi connectivity index (χ1n) is 12.7. The van der Waals surface area contributed by atoms with E-state index in [1.165, 1.54) is 12.1 Å². The molecule has 1 heterocycles. The van der Waals surface area contributed by atoms with Gasteiger partial charge in [0, 0.05) is 5.56 Å². The van der Waals surface area contributed by atoms with Crippen molar-refractivity contribution in [2.75, 3.05) is 6.61 Å². The zero-order chi connectivity index (χ0) is 27.3.